The van der Waals surface area contributed by atoms with Crippen molar-refractivity contribution in [1.29, 1.82) is 0 Å². The molecule has 0 N–H and O–H groups in total. The van der Waals surface area contributed by atoms with Gasteiger partial charge in [-0.15, -0.1) is 0 Å². The van der Waals surface area contributed by atoms with Crippen LogP contribution in [-0.2, 0) is 9.53 Å². The van der Waals surface area contributed by atoms with Gasteiger partial charge in [-0.05, 0) is 45.2 Å². The number of amides is 1. The maximum absolute atomic E-state index is 12.9. The summed E-state index contributed by atoms with van der Waals surface area (Å²) in [7, 11) is 0. The van der Waals surface area contributed by atoms with E-state index in [-0.39, 0.29) is 17.9 Å². The summed E-state index contributed by atoms with van der Waals surface area (Å²) in [5.41, 5.74) is 3.34. The lowest BCUT2D eigenvalue weighted by molar-refractivity contribution is -0.135. The molecule has 0 radical (unpaired) electrons. The van der Waals surface area contributed by atoms with Gasteiger partial charge < -0.3 is 4.74 Å². The third-order valence-electron chi connectivity index (χ3n) is 4.48. The zero-order valence-electron chi connectivity index (χ0n) is 14.0. The van der Waals surface area contributed by atoms with Gasteiger partial charge in [0.1, 0.15) is 0 Å². The van der Waals surface area contributed by atoms with Crippen molar-refractivity contribution < 1.29 is 9.53 Å². The van der Waals surface area contributed by atoms with E-state index in [9.17, 15) is 4.79 Å². The number of aliphatic imine (C=N–C) groups is 1. The van der Waals surface area contributed by atoms with E-state index in [4.69, 9.17) is 9.73 Å². The molecule has 1 atom stereocenters. The average Bonchev–Trinajstić information content (AvgIpc) is 2.91. The maximum Gasteiger partial charge on any atom is 0.232 e. The minimum Gasteiger partial charge on any atom is -0.381 e. The van der Waals surface area contributed by atoms with E-state index in [1.54, 1.807) is 11.8 Å². The fourth-order valence-electron chi connectivity index (χ4n) is 3.10. The number of thioether (sulfide) groups is 1. The van der Waals surface area contributed by atoms with Crippen molar-refractivity contribution in [2.24, 2.45) is 10.9 Å². The summed E-state index contributed by atoms with van der Waals surface area (Å²) < 4.78 is 5.38. The molecular weight excluding hydrogens is 308 g/mol. The van der Waals surface area contributed by atoms with Crippen molar-refractivity contribution in [3.63, 3.8) is 0 Å². The number of amidine groups is 1. The molecule has 2 aliphatic rings. The van der Waals surface area contributed by atoms with Gasteiger partial charge in [0.25, 0.3) is 0 Å². The number of rotatable bonds is 2. The maximum atomic E-state index is 12.9. The summed E-state index contributed by atoms with van der Waals surface area (Å²) >= 11 is 1.68. The first kappa shape index (κ1) is 16.5. The highest BCUT2D eigenvalue weighted by atomic mass is 32.2. The van der Waals surface area contributed by atoms with Crippen LogP contribution in [0.15, 0.2) is 23.2 Å². The van der Waals surface area contributed by atoms with Gasteiger partial charge in [-0.2, -0.15) is 0 Å². The predicted octanol–water partition coefficient (Wildman–Crippen LogP) is 3.68. The van der Waals surface area contributed by atoms with E-state index in [0.717, 1.165) is 35.0 Å². The van der Waals surface area contributed by atoms with Crippen molar-refractivity contribution >= 4 is 28.5 Å². The smallest absolute Gasteiger partial charge is 0.232 e. The van der Waals surface area contributed by atoms with Crippen LogP contribution in [0.4, 0.5) is 5.69 Å². The molecular formula is C18H24N2O2S. The van der Waals surface area contributed by atoms with E-state index in [2.05, 4.69) is 32.9 Å². The third-order valence-corrected chi connectivity index (χ3v) is 5.67. The Bertz CT molecular complexity index is 623. The zero-order valence-corrected chi connectivity index (χ0v) is 14.9. The Hall–Kier alpha value is -1.33. The topological polar surface area (TPSA) is 41.9 Å². The number of benzene rings is 1. The van der Waals surface area contributed by atoms with Crippen molar-refractivity contribution in [3.05, 3.63) is 29.3 Å². The molecule has 0 bridgehead atoms. The molecule has 0 aromatic heterocycles. The molecule has 1 aromatic carbocycles. The van der Waals surface area contributed by atoms with Gasteiger partial charge in [-0.25, -0.2) is 4.99 Å². The molecule has 1 aromatic rings. The molecule has 23 heavy (non-hydrogen) atoms. The Balaban J connectivity index is 1.85. The van der Waals surface area contributed by atoms with Crippen molar-refractivity contribution in [1.82, 2.24) is 4.90 Å². The fraction of sp³-hybridized carbons (Fsp3) is 0.556. The van der Waals surface area contributed by atoms with Crippen LogP contribution in [0.5, 0.6) is 0 Å². The summed E-state index contributed by atoms with van der Waals surface area (Å²) in [6, 6.07) is 6.45. The minimum atomic E-state index is 0.0780. The summed E-state index contributed by atoms with van der Waals surface area (Å²) in [5, 5.41) is 0.848. The first-order chi connectivity index (χ1) is 11.1. The zero-order chi connectivity index (χ0) is 16.4. The number of aryl methyl sites for hydroxylation is 2. The number of hydrogen-bond acceptors (Lipinski definition) is 4. The van der Waals surface area contributed by atoms with Crippen LogP contribution in [-0.4, -0.2) is 41.0 Å². The Morgan fingerprint density at radius 3 is 2.74 bits per heavy atom. The van der Waals surface area contributed by atoms with E-state index in [1.807, 2.05) is 11.0 Å². The number of carbonyl (C=O) groups is 1. The summed E-state index contributed by atoms with van der Waals surface area (Å²) in [6.45, 7) is 7.64. The first-order valence-electron chi connectivity index (χ1n) is 8.26. The van der Waals surface area contributed by atoms with E-state index in [0.29, 0.717) is 13.2 Å². The second-order valence-corrected chi connectivity index (χ2v) is 7.43. The highest BCUT2D eigenvalue weighted by molar-refractivity contribution is 8.14. The minimum absolute atomic E-state index is 0.0780. The standard InChI is InChI=1S/C18H24N2O2S/c1-12-4-5-16(13(2)10-12)19-18-20(14(3)11-23-18)17(21)15-6-8-22-9-7-15/h4-5,10,14-15H,6-9,11H2,1-3H3/t14-/m1/s1. The Morgan fingerprint density at radius 1 is 1.30 bits per heavy atom. The molecule has 0 saturated carbocycles. The lowest BCUT2D eigenvalue weighted by Crippen LogP contribution is -2.43. The van der Waals surface area contributed by atoms with Gasteiger partial charge in [0.2, 0.25) is 5.91 Å². The quantitative estimate of drug-likeness (QED) is 0.829. The number of ether oxygens (including phenoxy) is 1. The van der Waals surface area contributed by atoms with E-state index < -0.39 is 0 Å². The molecule has 2 fully saturated rings. The van der Waals surface area contributed by atoms with Gasteiger partial charge in [0.15, 0.2) is 5.17 Å². The van der Waals surface area contributed by atoms with Crippen LogP contribution in [0, 0.1) is 19.8 Å². The predicted molar refractivity (Wildman–Crippen MR) is 95.3 cm³/mol. The van der Waals surface area contributed by atoms with Gasteiger partial charge in [0.05, 0.1) is 5.69 Å². The molecule has 124 valence electrons. The summed E-state index contributed by atoms with van der Waals surface area (Å²) in [6.07, 6.45) is 1.65. The number of carbonyl (C=O) groups excluding carboxylic acids is 1. The van der Waals surface area contributed by atoms with Crippen LogP contribution in [0.3, 0.4) is 0 Å². The number of nitrogens with zero attached hydrogens (tertiary/aromatic N) is 2. The molecule has 0 unspecified atom stereocenters. The first-order valence-corrected chi connectivity index (χ1v) is 9.24. The van der Waals surface area contributed by atoms with Gasteiger partial charge in [-0.1, -0.05) is 29.5 Å². The second-order valence-electron chi connectivity index (χ2n) is 6.44. The van der Waals surface area contributed by atoms with Crippen LogP contribution in [0.1, 0.15) is 30.9 Å². The fourth-order valence-corrected chi connectivity index (χ4v) is 4.21. The summed E-state index contributed by atoms with van der Waals surface area (Å²) in [5.74, 6) is 1.21. The lowest BCUT2D eigenvalue weighted by atomic mass is 9.98. The summed E-state index contributed by atoms with van der Waals surface area (Å²) in [4.78, 5) is 19.6. The van der Waals surface area contributed by atoms with Crippen LogP contribution < -0.4 is 0 Å². The molecule has 4 nitrogen and oxygen atoms in total. The van der Waals surface area contributed by atoms with Crippen LogP contribution in [0.25, 0.3) is 0 Å². The number of hydrogen-bond donors (Lipinski definition) is 0. The van der Waals surface area contributed by atoms with Crippen LogP contribution in [0.2, 0.25) is 0 Å². The van der Waals surface area contributed by atoms with Crippen LogP contribution >= 0.6 is 11.8 Å². The van der Waals surface area contributed by atoms with Crippen molar-refractivity contribution in [3.8, 4) is 0 Å². The van der Waals surface area contributed by atoms with Gasteiger partial charge >= 0.3 is 0 Å². The van der Waals surface area contributed by atoms with Crippen molar-refractivity contribution in [2.45, 2.75) is 39.7 Å². The molecule has 0 spiro atoms. The monoisotopic (exact) mass is 332 g/mol. The largest absolute Gasteiger partial charge is 0.381 e. The third kappa shape index (κ3) is 3.61. The molecule has 1 amide bonds. The van der Waals surface area contributed by atoms with E-state index in [1.165, 1.54) is 5.56 Å². The highest BCUT2D eigenvalue weighted by Crippen LogP contribution is 2.31. The molecule has 3 rings (SSSR count). The molecule has 0 aliphatic carbocycles. The Labute approximate surface area is 142 Å². The molecule has 2 saturated heterocycles. The normalized spacial score (nSPS) is 24.4. The Morgan fingerprint density at radius 2 is 2.04 bits per heavy atom. The molecule has 2 heterocycles. The lowest BCUT2D eigenvalue weighted by Gasteiger charge is -2.28. The Kier molecular flexibility index (Phi) is 5.07. The highest BCUT2D eigenvalue weighted by Gasteiger charge is 2.36. The van der Waals surface area contributed by atoms with Gasteiger partial charge in [0, 0.05) is 30.9 Å². The van der Waals surface area contributed by atoms with Gasteiger partial charge in [-0.3, -0.25) is 9.69 Å². The van der Waals surface area contributed by atoms with E-state index >= 15 is 0 Å². The SMILES string of the molecule is Cc1ccc(N=C2SC[C@@H](C)N2C(=O)C2CCOCC2)c(C)c1. The molecule has 5 heteroatoms. The average molecular weight is 332 g/mol. The molecule has 2 aliphatic heterocycles. The van der Waals surface area contributed by atoms with Crippen molar-refractivity contribution in [2.75, 3.05) is 19.0 Å². The second kappa shape index (κ2) is 7.05.